The van der Waals surface area contributed by atoms with Crippen LogP contribution in [-0.2, 0) is 5.54 Å². The summed E-state index contributed by atoms with van der Waals surface area (Å²) in [6.07, 6.45) is 4.22. The summed E-state index contributed by atoms with van der Waals surface area (Å²) in [5.74, 6) is 0.213. The van der Waals surface area contributed by atoms with Crippen molar-refractivity contribution in [1.29, 1.82) is 0 Å². The van der Waals surface area contributed by atoms with Crippen LogP contribution in [0.3, 0.4) is 0 Å². The van der Waals surface area contributed by atoms with Crippen molar-refractivity contribution in [3.05, 3.63) is 107 Å². The minimum absolute atomic E-state index is 0.143. The van der Waals surface area contributed by atoms with E-state index in [9.17, 15) is 9.18 Å². The van der Waals surface area contributed by atoms with Gasteiger partial charge in [0.15, 0.2) is 0 Å². The molecule has 0 spiro atoms. The monoisotopic (exact) mass is 474 g/mol. The van der Waals surface area contributed by atoms with Gasteiger partial charge in [-0.2, -0.15) is 4.98 Å². The number of nitrogens with zero attached hydrogens (tertiary/aromatic N) is 4. The number of quaternary nitrogens is 1. The molecule has 2 aromatic carbocycles. The van der Waals surface area contributed by atoms with E-state index in [4.69, 9.17) is 9.72 Å². The second kappa shape index (κ2) is 9.11. The van der Waals surface area contributed by atoms with Crippen molar-refractivity contribution in [2.24, 2.45) is 0 Å². The van der Waals surface area contributed by atoms with Gasteiger partial charge in [0.25, 0.3) is 5.56 Å². The lowest BCUT2D eigenvalue weighted by Gasteiger charge is -2.51. The van der Waals surface area contributed by atoms with Gasteiger partial charge >= 0.3 is 6.01 Å². The second-order valence-electron chi connectivity index (χ2n) is 9.42. The molecule has 1 saturated heterocycles. The van der Waals surface area contributed by atoms with Crippen LogP contribution in [0.1, 0.15) is 30.5 Å². The predicted octanol–water partition coefficient (Wildman–Crippen LogP) is 4.30. The fourth-order valence-corrected chi connectivity index (χ4v) is 5.19. The Labute approximate surface area is 203 Å². The summed E-state index contributed by atoms with van der Waals surface area (Å²) in [6, 6.07) is 19.7. The SMILES string of the molecule is CC[N+]1(C)CCC(c2ccc(F)cc2)(n2ccc(=O)[nH]2)C(c2ccnc(Oc3ccccc3)n2)C1. The third kappa shape index (κ3) is 4.37. The zero-order chi connectivity index (χ0) is 24.5. The van der Waals surface area contributed by atoms with Crippen molar-refractivity contribution in [3.8, 4) is 11.8 Å². The highest BCUT2D eigenvalue weighted by Crippen LogP contribution is 2.47. The fourth-order valence-electron chi connectivity index (χ4n) is 5.19. The zero-order valence-electron chi connectivity index (χ0n) is 19.9. The number of hydrogen-bond donors (Lipinski definition) is 1. The van der Waals surface area contributed by atoms with Crippen LogP contribution < -0.4 is 10.3 Å². The molecular formula is C27H29FN5O2+. The minimum atomic E-state index is -0.665. The molecule has 35 heavy (non-hydrogen) atoms. The molecule has 180 valence electrons. The molecule has 8 heteroatoms. The highest BCUT2D eigenvalue weighted by atomic mass is 19.1. The van der Waals surface area contributed by atoms with Gasteiger partial charge in [-0.3, -0.25) is 14.6 Å². The second-order valence-corrected chi connectivity index (χ2v) is 9.42. The van der Waals surface area contributed by atoms with Gasteiger partial charge in [0, 0.05) is 24.9 Å². The summed E-state index contributed by atoms with van der Waals surface area (Å²) in [4.78, 5) is 21.4. The van der Waals surface area contributed by atoms with E-state index in [0.717, 1.165) is 41.8 Å². The van der Waals surface area contributed by atoms with E-state index in [1.807, 2.05) is 53.2 Å². The fraction of sp³-hybridized carbons (Fsp3) is 0.296. The number of rotatable bonds is 6. The number of likely N-dealkylation sites (N-methyl/N-ethyl adjacent to an activating group) is 1. The van der Waals surface area contributed by atoms with E-state index < -0.39 is 5.54 Å². The van der Waals surface area contributed by atoms with Gasteiger partial charge in [-0.25, -0.2) is 9.37 Å². The summed E-state index contributed by atoms with van der Waals surface area (Å²) in [5.41, 5.74) is 0.880. The van der Waals surface area contributed by atoms with E-state index in [1.165, 1.54) is 18.2 Å². The molecule has 4 aromatic rings. The van der Waals surface area contributed by atoms with E-state index in [2.05, 4.69) is 24.1 Å². The molecule has 1 aliphatic heterocycles. The van der Waals surface area contributed by atoms with Crippen LogP contribution in [0.25, 0.3) is 0 Å². The zero-order valence-corrected chi connectivity index (χ0v) is 19.9. The summed E-state index contributed by atoms with van der Waals surface area (Å²) in [5, 5.41) is 2.99. The molecule has 2 aromatic heterocycles. The Morgan fingerprint density at radius 1 is 1.14 bits per heavy atom. The lowest BCUT2D eigenvalue weighted by Crippen LogP contribution is -2.60. The first-order valence-electron chi connectivity index (χ1n) is 11.9. The maximum Gasteiger partial charge on any atom is 0.322 e. The summed E-state index contributed by atoms with van der Waals surface area (Å²) < 4.78 is 22.6. The van der Waals surface area contributed by atoms with Crippen LogP contribution in [-0.4, -0.2) is 50.9 Å². The van der Waals surface area contributed by atoms with Crippen LogP contribution >= 0.6 is 0 Å². The third-order valence-electron chi connectivity index (χ3n) is 7.34. The van der Waals surface area contributed by atoms with Gasteiger partial charge in [0.05, 0.1) is 38.3 Å². The van der Waals surface area contributed by atoms with Gasteiger partial charge in [-0.1, -0.05) is 30.3 Å². The van der Waals surface area contributed by atoms with Gasteiger partial charge < -0.3 is 9.22 Å². The maximum absolute atomic E-state index is 13.9. The van der Waals surface area contributed by atoms with Crippen molar-refractivity contribution in [2.45, 2.75) is 24.8 Å². The number of piperidine rings is 1. The Morgan fingerprint density at radius 3 is 2.60 bits per heavy atom. The Balaban J connectivity index is 1.67. The van der Waals surface area contributed by atoms with Crippen molar-refractivity contribution >= 4 is 0 Å². The van der Waals surface area contributed by atoms with Crippen molar-refractivity contribution < 1.29 is 13.6 Å². The molecule has 3 atom stereocenters. The van der Waals surface area contributed by atoms with Crippen LogP contribution in [0, 0.1) is 5.82 Å². The van der Waals surface area contributed by atoms with Gasteiger partial charge in [-0.15, -0.1) is 0 Å². The molecule has 3 heterocycles. The molecule has 7 nitrogen and oxygen atoms in total. The first-order chi connectivity index (χ1) is 16.9. The highest BCUT2D eigenvalue weighted by molar-refractivity contribution is 5.34. The Kier molecular flexibility index (Phi) is 5.98. The molecule has 0 amide bonds. The number of nitrogens with one attached hydrogen (secondary N) is 1. The summed E-state index contributed by atoms with van der Waals surface area (Å²) >= 11 is 0. The number of para-hydroxylation sites is 1. The van der Waals surface area contributed by atoms with E-state index in [1.54, 1.807) is 12.4 Å². The first-order valence-corrected chi connectivity index (χ1v) is 11.9. The molecule has 3 unspecified atom stereocenters. The topological polar surface area (TPSA) is 72.8 Å². The van der Waals surface area contributed by atoms with Gasteiger partial charge in [0.1, 0.15) is 17.1 Å². The van der Waals surface area contributed by atoms with Crippen LogP contribution in [0.15, 0.2) is 83.9 Å². The van der Waals surface area contributed by atoms with Crippen LogP contribution in [0.5, 0.6) is 11.8 Å². The van der Waals surface area contributed by atoms with Gasteiger partial charge in [0.2, 0.25) is 0 Å². The predicted molar refractivity (Wildman–Crippen MR) is 131 cm³/mol. The normalized spacial score (nSPS) is 24.3. The van der Waals surface area contributed by atoms with E-state index in [-0.39, 0.29) is 23.3 Å². The number of H-pyrrole nitrogens is 1. The molecule has 1 aliphatic rings. The summed E-state index contributed by atoms with van der Waals surface area (Å²) in [7, 11) is 2.24. The largest absolute Gasteiger partial charge is 0.424 e. The molecule has 5 rings (SSSR count). The molecule has 0 bridgehead atoms. The third-order valence-corrected chi connectivity index (χ3v) is 7.34. The molecule has 0 aliphatic carbocycles. The Morgan fingerprint density at radius 2 is 1.91 bits per heavy atom. The number of halogens is 1. The smallest absolute Gasteiger partial charge is 0.322 e. The first kappa shape index (κ1) is 23.0. The van der Waals surface area contributed by atoms with E-state index >= 15 is 0 Å². The van der Waals surface area contributed by atoms with Crippen molar-refractivity contribution in [2.75, 3.05) is 26.7 Å². The van der Waals surface area contributed by atoms with Crippen LogP contribution in [0.4, 0.5) is 4.39 Å². The molecule has 0 radical (unpaired) electrons. The van der Waals surface area contributed by atoms with Crippen LogP contribution in [0.2, 0.25) is 0 Å². The van der Waals surface area contributed by atoms with Crippen molar-refractivity contribution in [1.82, 2.24) is 19.7 Å². The lowest BCUT2D eigenvalue weighted by molar-refractivity contribution is -0.915. The summed E-state index contributed by atoms with van der Waals surface area (Å²) in [6.45, 7) is 4.80. The molecular weight excluding hydrogens is 445 g/mol. The van der Waals surface area contributed by atoms with Crippen molar-refractivity contribution in [3.63, 3.8) is 0 Å². The Bertz CT molecular complexity index is 1350. The number of hydrogen-bond acceptors (Lipinski definition) is 4. The van der Waals surface area contributed by atoms with Gasteiger partial charge in [-0.05, 0) is 42.8 Å². The van der Waals surface area contributed by atoms with E-state index in [0.29, 0.717) is 5.75 Å². The maximum atomic E-state index is 13.9. The quantitative estimate of drug-likeness (QED) is 0.423. The standard InChI is InChI=1S/C27H28FN5O2/c1-3-33(2)18-15-27(32-17-14-25(34)31-32,20-9-11-21(28)12-10-20)23(19-33)24-13-16-29-26(30-24)35-22-7-5-4-6-8-22/h4-14,16-17,23H,3,15,18-19H2,1-2H3/p+1. The lowest BCUT2D eigenvalue weighted by atomic mass is 9.70. The number of likely N-dealkylation sites (tertiary alicyclic amines) is 1. The highest BCUT2D eigenvalue weighted by Gasteiger charge is 2.52. The molecule has 1 N–H and O–H groups in total. The molecule has 1 fully saturated rings. The average molecular weight is 475 g/mol. The number of aromatic nitrogens is 4. The molecule has 0 saturated carbocycles. The minimum Gasteiger partial charge on any atom is -0.424 e. The number of benzene rings is 2. The number of aromatic amines is 1. The number of ether oxygens (including phenoxy) is 1. The average Bonchev–Trinajstić information content (AvgIpc) is 3.32. The Hall–Kier alpha value is -3.78.